The number of hydrogen-bond donors (Lipinski definition) is 1. The molecule has 4 aromatic rings. The molecule has 2 aromatic carbocycles. The molecule has 0 amide bonds. The molecule has 0 fully saturated rings. The van der Waals surface area contributed by atoms with Gasteiger partial charge in [0.05, 0.1) is 22.1 Å². The van der Waals surface area contributed by atoms with Crippen LogP contribution in [0.15, 0.2) is 50.3 Å². The lowest BCUT2D eigenvalue weighted by Gasteiger charge is -2.02. The average molecular weight is 479 g/mol. The van der Waals surface area contributed by atoms with E-state index in [9.17, 15) is 5.11 Å². The molecule has 2 aromatic heterocycles. The summed E-state index contributed by atoms with van der Waals surface area (Å²) in [6.45, 7) is 2.82. The van der Waals surface area contributed by atoms with Gasteiger partial charge in [0.25, 0.3) is 0 Å². The third kappa shape index (κ3) is 2.90. The van der Waals surface area contributed by atoms with E-state index in [4.69, 9.17) is 0 Å². The summed E-state index contributed by atoms with van der Waals surface area (Å²) in [6.07, 6.45) is 1.69. The normalized spacial score (nSPS) is 12.0. The molecule has 1 N–H and O–H groups in total. The van der Waals surface area contributed by atoms with E-state index in [1.54, 1.807) is 6.21 Å². The molecular formula is C18H13Br2N3OS. The Balaban J connectivity index is 1.81. The van der Waals surface area contributed by atoms with E-state index >= 15 is 0 Å². The van der Waals surface area contributed by atoms with Crippen LogP contribution in [0.3, 0.4) is 0 Å². The summed E-state index contributed by atoms with van der Waals surface area (Å²) >= 11 is 8.56. The topological polar surface area (TPSA) is 50.4 Å². The van der Waals surface area contributed by atoms with E-state index < -0.39 is 0 Å². The summed E-state index contributed by atoms with van der Waals surface area (Å²) in [6, 6.07) is 11.8. The zero-order valence-electron chi connectivity index (χ0n) is 13.2. The molecular weight excluding hydrogens is 466 g/mol. The second-order valence-corrected chi connectivity index (χ2v) is 8.27. The number of nitrogens with zero attached hydrogens (tertiary/aromatic N) is 3. The molecule has 7 heteroatoms. The minimum absolute atomic E-state index is 0.272. The van der Waals surface area contributed by atoms with Crippen LogP contribution in [0, 0.1) is 0 Å². The first kappa shape index (κ1) is 16.8. The quantitative estimate of drug-likeness (QED) is 0.353. The van der Waals surface area contributed by atoms with Crippen LogP contribution in [0.2, 0.25) is 0 Å². The second kappa shape index (κ2) is 6.55. The Hall–Kier alpha value is -1.70. The summed E-state index contributed by atoms with van der Waals surface area (Å²) in [7, 11) is 0. The maximum absolute atomic E-state index is 10.4. The Labute approximate surface area is 165 Å². The Morgan fingerprint density at radius 1 is 1.24 bits per heavy atom. The monoisotopic (exact) mass is 477 g/mol. The molecule has 0 aliphatic heterocycles. The van der Waals surface area contributed by atoms with Gasteiger partial charge in [-0.05, 0) is 63.0 Å². The summed E-state index contributed by atoms with van der Waals surface area (Å²) in [5, 5.41) is 11.2. The van der Waals surface area contributed by atoms with Gasteiger partial charge in [-0.1, -0.05) is 12.1 Å². The van der Waals surface area contributed by atoms with Crippen molar-refractivity contribution in [2.75, 3.05) is 0 Å². The lowest BCUT2D eigenvalue weighted by atomic mass is 10.2. The Kier molecular flexibility index (Phi) is 4.39. The SMILES string of the molecule is CCn1c(N=Cc2sc3ccccc3c2O)nc2cc(Br)c(Br)cc21. The van der Waals surface area contributed by atoms with E-state index in [1.807, 2.05) is 41.0 Å². The largest absolute Gasteiger partial charge is 0.506 e. The van der Waals surface area contributed by atoms with E-state index in [1.165, 1.54) is 11.3 Å². The molecule has 0 unspecified atom stereocenters. The van der Waals surface area contributed by atoms with Gasteiger partial charge in [0.2, 0.25) is 5.95 Å². The zero-order valence-corrected chi connectivity index (χ0v) is 17.2. The highest BCUT2D eigenvalue weighted by molar-refractivity contribution is 9.13. The summed E-state index contributed by atoms with van der Waals surface area (Å²) in [5.74, 6) is 0.897. The van der Waals surface area contributed by atoms with Gasteiger partial charge in [-0.3, -0.25) is 0 Å². The highest BCUT2D eigenvalue weighted by Gasteiger charge is 2.12. The summed E-state index contributed by atoms with van der Waals surface area (Å²) in [4.78, 5) is 9.90. The molecule has 0 saturated heterocycles. The second-order valence-electron chi connectivity index (χ2n) is 5.48. The van der Waals surface area contributed by atoms with Crippen LogP contribution in [-0.2, 0) is 6.54 Å². The third-order valence-corrected chi connectivity index (χ3v) is 6.92. The average Bonchev–Trinajstić information content (AvgIpc) is 3.11. The lowest BCUT2D eigenvalue weighted by molar-refractivity contribution is 0.483. The van der Waals surface area contributed by atoms with Gasteiger partial charge in [0, 0.05) is 25.6 Å². The number of aliphatic imine (C=N–C) groups is 1. The molecule has 4 nitrogen and oxygen atoms in total. The number of aryl methyl sites for hydroxylation is 1. The van der Waals surface area contributed by atoms with Crippen molar-refractivity contribution < 1.29 is 5.11 Å². The van der Waals surface area contributed by atoms with Crippen molar-refractivity contribution in [1.82, 2.24) is 9.55 Å². The van der Waals surface area contributed by atoms with E-state index in [0.717, 1.165) is 41.5 Å². The molecule has 0 radical (unpaired) electrons. The third-order valence-electron chi connectivity index (χ3n) is 3.98. The van der Waals surface area contributed by atoms with Crippen molar-refractivity contribution in [3.63, 3.8) is 0 Å². The fraction of sp³-hybridized carbons (Fsp3) is 0.111. The highest BCUT2D eigenvalue weighted by Crippen LogP contribution is 2.36. The molecule has 25 heavy (non-hydrogen) atoms. The fourth-order valence-corrected chi connectivity index (χ4v) is 4.41. The van der Waals surface area contributed by atoms with Crippen LogP contribution in [-0.4, -0.2) is 20.9 Å². The minimum atomic E-state index is 0.272. The molecule has 0 bridgehead atoms. The van der Waals surface area contributed by atoms with Gasteiger partial charge in [0.15, 0.2) is 0 Å². The number of fused-ring (bicyclic) bond motifs is 2. The first-order chi connectivity index (χ1) is 12.1. The Bertz CT molecular complexity index is 1130. The number of aromatic hydroxyl groups is 1. The lowest BCUT2D eigenvalue weighted by Crippen LogP contribution is -1.93. The fourth-order valence-electron chi connectivity index (χ4n) is 2.77. The van der Waals surface area contributed by atoms with Gasteiger partial charge >= 0.3 is 0 Å². The number of rotatable bonds is 3. The summed E-state index contributed by atoms with van der Waals surface area (Å²) in [5.41, 5.74) is 1.90. The maximum Gasteiger partial charge on any atom is 0.230 e. The van der Waals surface area contributed by atoms with Crippen molar-refractivity contribution in [3.8, 4) is 5.75 Å². The number of aromatic nitrogens is 2. The predicted octanol–water partition coefficient (Wildman–Crippen LogP) is 6.25. The standard InChI is InChI=1S/C18H13Br2N3OS/c1-2-23-14-8-12(20)11(19)7-13(14)22-18(23)21-9-16-17(24)10-5-3-4-6-15(10)25-16/h3-9,24H,2H2,1H3. The Morgan fingerprint density at radius 2 is 2.00 bits per heavy atom. The molecule has 2 heterocycles. The highest BCUT2D eigenvalue weighted by atomic mass is 79.9. The van der Waals surface area contributed by atoms with Crippen molar-refractivity contribution in [3.05, 3.63) is 50.2 Å². The molecule has 4 rings (SSSR count). The van der Waals surface area contributed by atoms with Gasteiger partial charge in [-0.2, -0.15) is 0 Å². The molecule has 0 spiro atoms. The molecule has 0 atom stereocenters. The molecule has 0 aliphatic carbocycles. The van der Waals surface area contributed by atoms with Crippen LogP contribution < -0.4 is 0 Å². The van der Waals surface area contributed by atoms with Crippen LogP contribution in [0.5, 0.6) is 5.75 Å². The number of thiophene rings is 1. The molecule has 0 saturated carbocycles. The van der Waals surface area contributed by atoms with E-state index in [0.29, 0.717) is 5.95 Å². The van der Waals surface area contributed by atoms with E-state index in [2.05, 4.69) is 48.8 Å². The van der Waals surface area contributed by atoms with Gasteiger partial charge in [-0.25, -0.2) is 9.98 Å². The van der Waals surface area contributed by atoms with Crippen LogP contribution >= 0.6 is 43.2 Å². The Morgan fingerprint density at radius 3 is 2.76 bits per heavy atom. The van der Waals surface area contributed by atoms with Gasteiger partial charge in [0.1, 0.15) is 5.75 Å². The molecule has 126 valence electrons. The smallest absolute Gasteiger partial charge is 0.230 e. The first-order valence-electron chi connectivity index (χ1n) is 7.68. The van der Waals surface area contributed by atoms with Gasteiger partial charge in [-0.15, -0.1) is 11.3 Å². The van der Waals surface area contributed by atoms with Crippen molar-refractivity contribution >= 4 is 76.5 Å². The van der Waals surface area contributed by atoms with E-state index in [-0.39, 0.29) is 5.75 Å². The van der Waals surface area contributed by atoms with Crippen molar-refractivity contribution in [1.29, 1.82) is 0 Å². The first-order valence-corrected chi connectivity index (χ1v) is 10.1. The summed E-state index contributed by atoms with van der Waals surface area (Å²) < 4.78 is 5.02. The number of halogens is 2. The number of hydrogen-bond acceptors (Lipinski definition) is 4. The van der Waals surface area contributed by atoms with Crippen molar-refractivity contribution in [2.45, 2.75) is 13.5 Å². The van der Waals surface area contributed by atoms with Gasteiger partial charge < -0.3 is 9.67 Å². The van der Waals surface area contributed by atoms with Crippen molar-refractivity contribution in [2.24, 2.45) is 4.99 Å². The number of benzene rings is 2. The predicted molar refractivity (Wildman–Crippen MR) is 112 cm³/mol. The van der Waals surface area contributed by atoms with Crippen LogP contribution in [0.25, 0.3) is 21.1 Å². The van der Waals surface area contributed by atoms with Crippen LogP contribution in [0.1, 0.15) is 11.8 Å². The van der Waals surface area contributed by atoms with Crippen LogP contribution in [0.4, 0.5) is 5.95 Å². The maximum atomic E-state index is 10.4. The minimum Gasteiger partial charge on any atom is -0.506 e. The number of imidazole rings is 1. The molecule has 0 aliphatic rings. The zero-order chi connectivity index (χ0) is 17.6.